The van der Waals surface area contributed by atoms with Gasteiger partial charge in [0.2, 0.25) is 0 Å². The fraction of sp³-hybridized carbons (Fsp3) is 0.300. The monoisotopic (exact) mass is 214 g/mol. The molecule has 1 aromatic rings. The number of hydrogen-bond donors (Lipinski definition) is 2. The van der Waals surface area contributed by atoms with Crippen LogP contribution < -0.4 is 0 Å². The molecule has 0 aromatic heterocycles. The minimum atomic E-state index is -3.28. The van der Waals surface area contributed by atoms with E-state index < -0.39 is 29.5 Å². The van der Waals surface area contributed by atoms with E-state index in [4.69, 9.17) is 5.11 Å². The molecule has 15 heavy (non-hydrogen) atoms. The Hall–Kier alpha value is -1.65. The number of alkyl halides is 2. The largest absolute Gasteiger partial charge is 0.508 e. The van der Waals surface area contributed by atoms with E-state index in [9.17, 15) is 18.7 Å². The van der Waals surface area contributed by atoms with Gasteiger partial charge in [-0.2, -0.15) is 0 Å². The summed E-state index contributed by atoms with van der Waals surface area (Å²) in [6.07, 6.45) is -0.757. The third-order valence-electron chi connectivity index (χ3n) is 2.72. The van der Waals surface area contributed by atoms with Gasteiger partial charge in [0.1, 0.15) is 5.75 Å². The van der Waals surface area contributed by atoms with Crippen LogP contribution in [0.25, 0.3) is 0 Å². The first-order valence-corrected chi connectivity index (χ1v) is 4.31. The van der Waals surface area contributed by atoms with Crippen molar-refractivity contribution in [1.29, 1.82) is 0 Å². The van der Waals surface area contributed by atoms with Gasteiger partial charge in [0.15, 0.2) is 5.41 Å². The summed E-state index contributed by atoms with van der Waals surface area (Å²) in [5.41, 5.74) is -2.46. The van der Waals surface area contributed by atoms with Gasteiger partial charge >= 0.3 is 5.97 Å². The predicted octanol–water partition coefficient (Wildman–Crippen LogP) is 1.75. The van der Waals surface area contributed by atoms with Crippen LogP contribution >= 0.6 is 0 Å². The first-order chi connectivity index (χ1) is 6.92. The van der Waals surface area contributed by atoms with Crippen LogP contribution in [0, 0.1) is 0 Å². The number of phenolic OH excluding ortho intramolecular Hbond substituents is 1. The standard InChI is InChI=1S/C10H8F2O3/c11-10(12)5-9(10,8(14)15)6-3-1-2-4-7(6)13/h1-4,13H,5H2,(H,14,15). The number of carboxylic acids is 1. The van der Waals surface area contributed by atoms with Gasteiger partial charge in [-0.15, -0.1) is 0 Å². The van der Waals surface area contributed by atoms with Crippen LogP contribution in [0.4, 0.5) is 8.78 Å². The molecule has 0 heterocycles. The number of para-hydroxylation sites is 1. The number of benzene rings is 1. The Morgan fingerprint density at radius 3 is 2.27 bits per heavy atom. The molecule has 2 rings (SSSR count). The van der Waals surface area contributed by atoms with E-state index in [0.29, 0.717) is 0 Å². The summed E-state index contributed by atoms with van der Waals surface area (Å²) >= 11 is 0. The van der Waals surface area contributed by atoms with E-state index in [1.807, 2.05) is 0 Å². The lowest BCUT2D eigenvalue weighted by Gasteiger charge is -2.12. The number of hydrogen-bond acceptors (Lipinski definition) is 2. The highest BCUT2D eigenvalue weighted by Crippen LogP contribution is 2.63. The maximum Gasteiger partial charge on any atom is 0.320 e. The summed E-state index contributed by atoms with van der Waals surface area (Å²) < 4.78 is 26.2. The van der Waals surface area contributed by atoms with Gasteiger partial charge in [-0.25, -0.2) is 8.78 Å². The number of rotatable bonds is 2. The Morgan fingerprint density at radius 1 is 1.33 bits per heavy atom. The summed E-state index contributed by atoms with van der Waals surface area (Å²) in [4.78, 5) is 10.9. The molecule has 0 spiro atoms. The van der Waals surface area contributed by atoms with E-state index in [1.165, 1.54) is 24.3 Å². The first kappa shape index (κ1) is 9.89. The van der Waals surface area contributed by atoms with Crippen molar-refractivity contribution < 1.29 is 23.8 Å². The van der Waals surface area contributed by atoms with Gasteiger partial charge in [-0.1, -0.05) is 18.2 Å². The second kappa shape index (κ2) is 2.68. The molecule has 0 amide bonds. The number of carboxylic acid groups (broad SMARTS) is 1. The molecule has 0 aliphatic heterocycles. The molecule has 1 saturated carbocycles. The minimum absolute atomic E-state index is 0.220. The van der Waals surface area contributed by atoms with Gasteiger partial charge in [0.25, 0.3) is 5.92 Å². The quantitative estimate of drug-likeness (QED) is 0.788. The molecule has 1 aliphatic rings. The van der Waals surface area contributed by atoms with Crippen molar-refractivity contribution in [3.05, 3.63) is 29.8 Å². The summed E-state index contributed by atoms with van der Waals surface area (Å²) in [6.45, 7) is 0. The van der Waals surface area contributed by atoms with Crippen LogP contribution in [0.5, 0.6) is 5.75 Å². The van der Waals surface area contributed by atoms with Gasteiger partial charge in [-0.3, -0.25) is 4.79 Å². The van der Waals surface area contributed by atoms with E-state index in [2.05, 4.69) is 0 Å². The molecular weight excluding hydrogens is 206 g/mol. The number of aromatic hydroxyl groups is 1. The zero-order valence-corrected chi connectivity index (χ0v) is 7.58. The third kappa shape index (κ3) is 1.12. The topological polar surface area (TPSA) is 57.5 Å². The second-order valence-electron chi connectivity index (χ2n) is 3.61. The normalized spacial score (nSPS) is 27.3. The number of carbonyl (C=O) groups is 1. The predicted molar refractivity (Wildman–Crippen MR) is 47.0 cm³/mol. The lowest BCUT2D eigenvalue weighted by atomic mass is 9.94. The number of aliphatic carboxylic acids is 1. The van der Waals surface area contributed by atoms with E-state index in [1.54, 1.807) is 0 Å². The molecule has 1 unspecified atom stereocenters. The Balaban J connectivity index is 2.55. The zero-order valence-electron chi connectivity index (χ0n) is 7.58. The lowest BCUT2D eigenvalue weighted by molar-refractivity contribution is -0.143. The molecule has 3 nitrogen and oxygen atoms in total. The van der Waals surface area contributed by atoms with Crippen molar-refractivity contribution in [3.8, 4) is 5.75 Å². The summed E-state index contributed by atoms with van der Waals surface area (Å²) in [5.74, 6) is -5.29. The van der Waals surface area contributed by atoms with Gasteiger partial charge < -0.3 is 10.2 Å². The van der Waals surface area contributed by atoms with Crippen LogP contribution in [-0.2, 0) is 10.2 Å². The third-order valence-corrected chi connectivity index (χ3v) is 2.72. The summed E-state index contributed by atoms with van der Waals surface area (Å²) in [5, 5.41) is 18.2. The van der Waals surface area contributed by atoms with Crippen molar-refractivity contribution in [2.24, 2.45) is 0 Å². The molecule has 1 aliphatic carbocycles. The lowest BCUT2D eigenvalue weighted by Crippen LogP contribution is -2.27. The van der Waals surface area contributed by atoms with Crippen molar-refractivity contribution in [1.82, 2.24) is 0 Å². The molecule has 1 fully saturated rings. The van der Waals surface area contributed by atoms with Crippen LogP contribution in [-0.4, -0.2) is 22.1 Å². The van der Waals surface area contributed by atoms with Crippen molar-refractivity contribution >= 4 is 5.97 Å². The Bertz CT molecular complexity index is 430. The summed E-state index contributed by atoms with van der Waals surface area (Å²) in [6, 6.07) is 5.29. The smallest absolute Gasteiger partial charge is 0.320 e. The van der Waals surface area contributed by atoms with Crippen LogP contribution in [0.1, 0.15) is 12.0 Å². The molecule has 5 heteroatoms. The SMILES string of the molecule is O=C(O)C1(c2ccccc2O)CC1(F)F. The van der Waals surface area contributed by atoms with E-state index >= 15 is 0 Å². The molecule has 2 N–H and O–H groups in total. The van der Waals surface area contributed by atoms with Gasteiger partial charge in [0.05, 0.1) is 0 Å². The molecule has 80 valence electrons. The van der Waals surface area contributed by atoms with Crippen LogP contribution in [0.3, 0.4) is 0 Å². The molecule has 0 bridgehead atoms. The van der Waals surface area contributed by atoms with Gasteiger partial charge in [-0.05, 0) is 6.07 Å². The fourth-order valence-electron chi connectivity index (χ4n) is 1.76. The molecule has 1 atom stereocenters. The Labute approximate surface area is 84.0 Å². The molecule has 1 aromatic carbocycles. The van der Waals surface area contributed by atoms with E-state index in [-0.39, 0.29) is 5.56 Å². The Kier molecular flexibility index (Phi) is 1.77. The maximum atomic E-state index is 13.1. The second-order valence-corrected chi connectivity index (χ2v) is 3.61. The highest BCUT2D eigenvalue weighted by atomic mass is 19.3. The maximum absolute atomic E-state index is 13.1. The zero-order chi connectivity index (χ0) is 11.3. The first-order valence-electron chi connectivity index (χ1n) is 4.31. The average Bonchev–Trinajstić information content (AvgIpc) is 2.71. The highest BCUT2D eigenvalue weighted by Gasteiger charge is 2.78. The van der Waals surface area contributed by atoms with E-state index in [0.717, 1.165) is 0 Å². The van der Waals surface area contributed by atoms with Crippen LogP contribution in [0.15, 0.2) is 24.3 Å². The Morgan fingerprint density at radius 2 is 1.87 bits per heavy atom. The van der Waals surface area contributed by atoms with Crippen molar-refractivity contribution in [3.63, 3.8) is 0 Å². The fourth-order valence-corrected chi connectivity index (χ4v) is 1.76. The molecule has 0 radical (unpaired) electrons. The van der Waals surface area contributed by atoms with Crippen molar-refractivity contribution in [2.75, 3.05) is 0 Å². The van der Waals surface area contributed by atoms with Crippen LogP contribution in [0.2, 0.25) is 0 Å². The van der Waals surface area contributed by atoms with Crippen molar-refractivity contribution in [2.45, 2.75) is 17.8 Å². The minimum Gasteiger partial charge on any atom is -0.508 e. The highest BCUT2D eigenvalue weighted by molar-refractivity contribution is 5.88. The summed E-state index contributed by atoms with van der Waals surface area (Å²) in [7, 11) is 0. The molecular formula is C10H8F2O3. The van der Waals surface area contributed by atoms with Gasteiger partial charge in [0, 0.05) is 12.0 Å². The number of halogens is 2. The average molecular weight is 214 g/mol. The molecule has 0 saturated heterocycles. The number of phenols is 1.